The van der Waals surface area contributed by atoms with Gasteiger partial charge < -0.3 is 0 Å². The Kier molecular flexibility index (Phi) is 1.51. The summed E-state index contributed by atoms with van der Waals surface area (Å²) in [7, 11) is 0. The molecule has 0 saturated heterocycles. The van der Waals surface area contributed by atoms with Gasteiger partial charge in [0.1, 0.15) is 0 Å². The van der Waals surface area contributed by atoms with E-state index in [1.165, 1.54) is 22.4 Å². The molecule has 0 unspecified atom stereocenters. The zero-order valence-corrected chi connectivity index (χ0v) is 8.20. The second-order valence-corrected chi connectivity index (χ2v) is 3.80. The van der Waals surface area contributed by atoms with Crippen molar-refractivity contribution in [1.82, 2.24) is 9.78 Å². The number of hydrogen-bond acceptors (Lipinski definition) is 1. The molecular formula is C12H12N2. The summed E-state index contributed by atoms with van der Waals surface area (Å²) in [5, 5.41) is 4.31. The lowest BCUT2D eigenvalue weighted by Gasteiger charge is -2.19. The lowest BCUT2D eigenvalue weighted by Crippen LogP contribution is -2.12. The summed E-state index contributed by atoms with van der Waals surface area (Å²) in [5.41, 5.74) is 5.46. The lowest BCUT2D eigenvalue weighted by atomic mass is 9.94. The minimum atomic E-state index is 1.01. The van der Waals surface area contributed by atoms with Crippen molar-refractivity contribution in [2.75, 3.05) is 0 Å². The number of fused-ring (bicyclic) bond motifs is 3. The van der Waals surface area contributed by atoms with Gasteiger partial charge in [0, 0.05) is 18.3 Å². The summed E-state index contributed by atoms with van der Waals surface area (Å²) < 4.78 is 2.09. The van der Waals surface area contributed by atoms with Gasteiger partial charge in [-0.25, -0.2) is 0 Å². The average Bonchev–Trinajstić information content (AvgIpc) is 2.65. The van der Waals surface area contributed by atoms with Crippen LogP contribution in [0, 0.1) is 6.92 Å². The van der Waals surface area contributed by atoms with E-state index in [-0.39, 0.29) is 0 Å². The maximum absolute atomic E-state index is 4.31. The van der Waals surface area contributed by atoms with Crippen LogP contribution in [0.1, 0.15) is 11.1 Å². The Hall–Kier alpha value is -1.57. The van der Waals surface area contributed by atoms with Crippen molar-refractivity contribution < 1.29 is 0 Å². The average molecular weight is 184 g/mol. The third-order valence-electron chi connectivity index (χ3n) is 2.92. The Balaban J connectivity index is 2.34. The summed E-state index contributed by atoms with van der Waals surface area (Å²) in [6.07, 6.45) is 2.99. The van der Waals surface area contributed by atoms with Crippen molar-refractivity contribution in [1.29, 1.82) is 0 Å². The van der Waals surface area contributed by atoms with Gasteiger partial charge in [-0.05, 0) is 30.5 Å². The molecule has 0 fully saturated rings. The maximum Gasteiger partial charge on any atom is 0.0687 e. The van der Waals surface area contributed by atoms with Crippen LogP contribution in [0.5, 0.6) is 0 Å². The first-order chi connectivity index (χ1) is 6.86. The van der Waals surface area contributed by atoms with Crippen LogP contribution in [0.3, 0.4) is 0 Å². The smallest absolute Gasteiger partial charge is 0.0687 e. The highest BCUT2D eigenvalue weighted by molar-refractivity contribution is 5.69. The molecule has 1 aliphatic rings. The van der Waals surface area contributed by atoms with Crippen LogP contribution in [0.25, 0.3) is 11.3 Å². The SMILES string of the molecule is Cc1cccc2c1-c1ccnn1CC2. The summed E-state index contributed by atoms with van der Waals surface area (Å²) in [5.74, 6) is 0. The van der Waals surface area contributed by atoms with Crippen molar-refractivity contribution in [2.45, 2.75) is 19.9 Å². The molecule has 14 heavy (non-hydrogen) atoms. The first kappa shape index (κ1) is 7.80. The molecule has 0 radical (unpaired) electrons. The van der Waals surface area contributed by atoms with E-state index in [1.807, 2.05) is 6.20 Å². The molecule has 70 valence electrons. The molecule has 2 heteroatoms. The number of nitrogens with zero attached hydrogens (tertiary/aromatic N) is 2. The highest BCUT2D eigenvalue weighted by atomic mass is 15.3. The summed E-state index contributed by atoms with van der Waals surface area (Å²) in [6.45, 7) is 3.18. The summed E-state index contributed by atoms with van der Waals surface area (Å²) in [6, 6.07) is 8.63. The fourth-order valence-electron chi connectivity index (χ4n) is 2.25. The van der Waals surface area contributed by atoms with Crippen molar-refractivity contribution in [3.8, 4) is 11.3 Å². The minimum Gasteiger partial charge on any atom is -0.265 e. The summed E-state index contributed by atoms with van der Waals surface area (Å²) in [4.78, 5) is 0. The van der Waals surface area contributed by atoms with Gasteiger partial charge in [-0.15, -0.1) is 0 Å². The van der Waals surface area contributed by atoms with E-state index < -0.39 is 0 Å². The fourth-order valence-corrected chi connectivity index (χ4v) is 2.25. The zero-order chi connectivity index (χ0) is 9.54. The molecule has 2 nitrogen and oxygen atoms in total. The van der Waals surface area contributed by atoms with E-state index in [0.717, 1.165) is 13.0 Å². The summed E-state index contributed by atoms with van der Waals surface area (Å²) >= 11 is 0. The highest BCUT2D eigenvalue weighted by Crippen LogP contribution is 2.31. The molecule has 2 aromatic rings. The molecule has 0 bridgehead atoms. The normalized spacial score (nSPS) is 13.5. The molecule has 1 aromatic heterocycles. The van der Waals surface area contributed by atoms with Crippen LogP contribution < -0.4 is 0 Å². The first-order valence-electron chi connectivity index (χ1n) is 4.97. The predicted molar refractivity (Wildman–Crippen MR) is 56.1 cm³/mol. The number of aryl methyl sites for hydroxylation is 3. The molecule has 0 spiro atoms. The van der Waals surface area contributed by atoms with Gasteiger partial charge in [0.15, 0.2) is 0 Å². The highest BCUT2D eigenvalue weighted by Gasteiger charge is 2.17. The van der Waals surface area contributed by atoms with E-state index in [9.17, 15) is 0 Å². The molecule has 3 rings (SSSR count). The minimum absolute atomic E-state index is 1.01. The van der Waals surface area contributed by atoms with E-state index in [2.05, 4.69) is 41.0 Å². The number of hydrogen-bond donors (Lipinski definition) is 0. The van der Waals surface area contributed by atoms with Crippen LogP contribution in [-0.4, -0.2) is 9.78 Å². The van der Waals surface area contributed by atoms with Gasteiger partial charge in [-0.1, -0.05) is 18.2 Å². The van der Waals surface area contributed by atoms with Gasteiger partial charge >= 0.3 is 0 Å². The second-order valence-electron chi connectivity index (χ2n) is 3.80. The van der Waals surface area contributed by atoms with Crippen LogP contribution >= 0.6 is 0 Å². The topological polar surface area (TPSA) is 17.8 Å². The third kappa shape index (κ3) is 0.939. The molecule has 0 amide bonds. The number of aromatic nitrogens is 2. The molecule has 1 aromatic carbocycles. The van der Waals surface area contributed by atoms with Crippen LogP contribution in [0.2, 0.25) is 0 Å². The fraction of sp³-hybridized carbons (Fsp3) is 0.250. The van der Waals surface area contributed by atoms with Crippen LogP contribution in [0.15, 0.2) is 30.5 Å². The Morgan fingerprint density at radius 2 is 2.21 bits per heavy atom. The molecule has 0 saturated carbocycles. The monoisotopic (exact) mass is 184 g/mol. The van der Waals surface area contributed by atoms with E-state index >= 15 is 0 Å². The maximum atomic E-state index is 4.31. The van der Waals surface area contributed by atoms with E-state index in [4.69, 9.17) is 0 Å². The standard InChI is InChI=1S/C12H12N2/c1-9-3-2-4-10-6-8-14-11(12(9)10)5-7-13-14/h2-5,7H,6,8H2,1H3. The van der Waals surface area contributed by atoms with Gasteiger partial charge in [-0.3, -0.25) is 4.68 Å². The van der Waals surface area contributed by atoms with E-state index in [0.29, 0.717) is 0 Å². The quantitative estimate of drug-likeness (QED) is 0.614. The van der Waals surface area contributed by atoms with Gasteiger partial charge in [0.25, 0.3) is 0 Å². The lowest BCUT2D eigenvalue weighted by molar-refractivity contribution is 0.606. The Labute approximate surface area is 83.2 Å². The van der Waals surface area contributed by atoms with Gasteiger partial charge in [0.2, 0.25) is 0 Å². The second kappa shape index (κ2) is 2.71. The molecule has 0 atom stereocenters. The van der Waals surface area contributed by atoms with Crippen LogP contribution in [0.4, 0.5) is 0 Å². The first-order valence-corrected chi connectivity index (χ1v) is 4.97. The van der Waals surface area contributed by atoms with Gasteiger partial charge in [0.05, 0.1) is 5.69 Å². The van der Waals surface area contributed by atoms with Crippen LogP contribution in [-0.2, 0) is 13.0 Å². The van der Waals surface area contributed by atoms with Crippen molar-refractivity contribution >= 4 is 0 Å². The Morgan fingerprint density at radius 3 is 3.14 bits per heavy atom. The molecule has 1 aliphatic heterocycles. The van der Waals surface area contributed by atoms with Gasteiger partial charge in [-0.2, -0.15) is 5.10 Å². The van der Waals surface area contributed by atoms with Crippen molar-refractivity contribution in [3.63, 3.8) is 0 Å². The van der Waals surface area contributed by atoms with Crippen molar-refractivity contribution in [2.24, 2.45) is 0 Å². The largest absolute Gasteiger partial charge is 0.265 e. The molecular weight excluding hydrogens is 172 g/mol. The predicted octanol–water partition coefficient (Wildman–Crippen LogP) is 2.41. The Bertz CT molecular complexity index is 483. The zero-order valence-electron chi connectivity index (χ0n) is 8.20. The third-order valence-corrected chi connectivity index (χ3v) is 2.92. The van der Waals surface area contributed by atoms with E-state index in [1.54, 1.807) is 0 Å². The van der Waals surface area contributed by atoms with Crippen molar-refractivity contribution in [3.05, 3.63) is 41.6 Å². The Morgan fingerprint density at radius 1 is 1.29 bits per heavy atom. The molecule has 0 aliphatic carbocycles. The molecule has 2 heterocycles. The number of benzene rings is 1. The molecule has 0 N–H and O–H groups in total. The number of rotatable bonds is 0.